The largest absolute Gasteiger partial charge is 0.370 e. The van der Waals surface area contributed by atoms with Crippen LogP contribution in [0.3, 0.4) is 0 Å². The minimum absolute atomic E-state index is 0.399. The molecule has 0 amide bonds. The summed E-state index contributed by atoms with van der Waals surface area (Å²) in [6, 6.07) is 0.447. The average Bonchev–Trinajstić information content (AvgIpc) is 2.45. The van der Waals surface area contributed by atoms with Gasteiger partial charge in [0, 0.05) is 18.2 Å². The minimum atomic E-state index is 0.399. The molecule has 0 aliphatic heterocycles. The van der Waals surface area contributed by atoms with Gasteiger partial charge in [-0.1, -0.05) is 47.0 Å². The van der Waals surface area contributed by atoms with Crippen LogP contribution in [-0.2, 0) is 0 Å². The molecule has 0 bridgehead atoms. The van der Waals surface area contributed by atoms with Crippen molar-refractivity contribution >= 4 is 11.6 Å². The summed E-state index contributed by atoms with van der Waals surface area (Å²) in [7, 11) is 0. The molecular weight excluding hydrogens is 260 g/mol. The van der Waals surface area contributed by atoms with Crippen molar-refractivity contribution in [2.75, 3.05) is 17.2 Å². The molecule has 0 radical (unpaired) electrons. The Morgan fingerprint density at radius 1 is 1.00 bits per heavy atom. The van der Waals surface area contributed by atoms with E-state index in [1.54, 1.807) is 6.33 Å². The summed E-state index contributed by atoms with van der Waals surface area (Å²) >= 11 is 0. The topological polar surface area (TPSA) is 49.8 Å². The summed E-state index contributed by atoms with van der Waals surface area (Å²) in [5.41, 5.74) is 1.20. The molecule has 1 atom stereocenters. The Hall–Kier alpha value is -1.32. The molecule has 1 aromatic heterocycles. The standard InChI is InChI=1S/C17H32N4/c1-6-8-9-10-14(5)21-17-15(13(3)4)16(18-11-7-2)19-12-20-17/h12-14H,6-11H2,1-5H3,(H2,18,19,20,21). The zero-order valence-corrected chi connectivity index (χ0v) is 14.4. The highest BCUT2D eigenvalue weighted by molar-refractivity contribution is 5.59. The smallest absolute Gasteiger partial charge is 0.135 e. The maximum atomic E-state index is 4.47. The molecule has 0 saturated heterocycles. The van der Waals surface area contributed by atoms with Crippen LogP contribution in [0, 0.1) is 0 Å². The highest BCUT2D eigenvalue weighted by Gasteiger charge is 2.16. The molecule has 1 aromatic rings. The van der Waals surface area contributed by atoms with Crippen LogP contribution in [0.2, 0.25) is 0 Å². The maximum Gasteiger partial charge on any atom is 0.135 e. The fourth-order valence-electron chi connectivity index (χ4n) is 2.45. The van der Waals surface area contributed by atoms with Crippen molar-refractivity contribution in [3.05, 3.63) is 11.9 Å². The molecule has 1 rings (SSSR count). The van der Waals surface area contributed by atoms with E-state index >= 15 is 0 Å². The number of rotatable bonds is 10. The van der Waals surface area contributed by atoms with Crippen LogP contribution >= 0.6 is 0 Å². The van der Waals surface area contributed by atoms with Gasteiger partial charge >= 0.3 is 0 Å². The third kappa shape index (κ3) is 5.90. The maximum absolute atomic E-state index is 4.47. The molecule has 120 valence electrons. The number of hydrogen-bond donors (Lipinski definition) is 2. The second kappa shape index (κ2) is 9.59. The second-order valence-electron chi connectivity index (χ2n) is 6.11. The number of aromatic nitrogens is 2. The van der Waals surface area contributed by atoms with E-state index in [2.05, 4.69) is 55.2 Å². The second-order valence-corrected chi connectivity index (χ2v) is 6.11. The first-order valence-corrected chi connectivity index (χ1v) is 8.45. The van der Waals surface area contributed by atoms with Crippen molar-refractivity contribution in [1.29, 1.82) is 0 Å². The quantitative estimate of drug-likeness (QED) is 0.608. The molecule has 21 heavy (non-hydrogen) atoms. The van der Waals surface area contributed by atoms with E-state index in [0.29, 0.717) is 12.0 Å². The van der Waals surface area contributed by atoms with E-state index in [-0.39, 0.29) is 0 Å². The Kier molecular flexibility index (Phi) is 8.09. The van der Waals surface area contributed by atoms with Gasteiger partial charge in [-0.25, -0.2) is 9.97 Å². The summed E-state index contributed by atoms with van der Waals surface area (Å²) in [5.74, 6) is 2.36. The van der Waals surface area contributed by atoms with Crippen LogP contribution in [0.25, 0.3) is 0 Å². The molecule has 2 N–H and O–H groups in total. The molecular formula is C17H32N4. The first-order chi connectivity index (χ1) is 10.1. The van der Waals surface area contributed by atoms with Gasteiger partial charge in [-0.05, 0) is 25.7 Å². The monoisotopic (exact) mass is 292 g/mol. The molecule has 0 fully saturated rings. The molecule has 0 aromatic carbocycles. The SMILES string of the molecule is CCCCCC(C)Nc1ncnc(NCCC)c1C(C)C. The predicted molar refractivity (Wildman–Crippen MR) is 92.1 cm³/mol. The number of nitrogens with one attached hydrogen (secondary N) is 2. The Balaban J connectivity index is 2.80. The predicted octanol–water partition coefficient (Wildman–Crippen LogP) is 4.80. The third-order valence-electron chi connectivity index (χ3n) is 3.63. The molecule has 4 heteroatoms. The summed E-state index contributed by atoms with van der Waals surface area (Å²) < 4.78 is 0. The van der Waals surface area contributed by atoms with E-state index in [9.17, 15) is 0 Å². The van der Waals surface area contributed by atoms with Crippen molar-refractivity contribution in [3.63, 3.8) is 0 Å². The number of hydrogen-bond acceptors (Lipinski definition) is 4. The Morgan fingerprint density at radius 3 is 2.33 bits per heavy atom. The van der Waals surface area contributed by atoms with Gasteiger partial charge < -0.3 is 10.6 Å². The van der Waals surface area contributed by atoms with E-state index < -0.39 is 0 Å². The van der Waals surface area contributed by atoms with E-state index in [4.69, 9.17) is 0 Å². The van der Waals surface area contributed by atoms with E-state index in [1.807, 2.05) is 0 Å². The van der Waals surface area contributed by atoms with Gasteiger partial charge in [0.05, 0.1) is 0 Å². The third-order valence-corrected chi connectivity index (χ3v) is 3.63. The van der Waals surface area contributed by atoms with Crippen molar-refractivity contribution in [2.24, 2.45) is 0 Å². The molecule has 0 spiro atoms. The summed E-state index contributed by atoms with van der Waals surface area (Å²) in [6.45, 7) is 12.0. The Morgan fingerprint density at radius 2 is 1.71 bits per heavy atom. The van der Waals surface area contributed by atoms with Crippen molar-refractivity contribution in [1.82, 2.24) is 9.97 Å². The van der Waals surface area contributed by atoms with Gasteiger partial charge in [0.1, 0.15) is 18.0 Å². The lowest BCUT2D eigenvalue weighted by atomic mass is 10.0. The molecule has 0 aliphatic carbocycles. The van der Waals surface area contributed by atoms with Crippen molar-refractivity contribution < 1.29 is 0 Å². The summed E-state index contributed by atoms with van der Waals surface area (Å²) in [6.07, 6.45) is 7.78. The van der Waals surface area contributed by atoms with Crippen LogP contribution in [0.15, 0.2) is 6.33 Å². The molecule has 4 nitrogen and oxygen atoms in total. The lowest BCUT2D eigenvalue weighted by molar-refractivity contribution is 0.612. The van der Waals surface area contributed by atoms with Gasteiger partial charge in [-0.2, -0.15) is 0 Å². The molecule has 0 aliphatic rings. The van der Waals surface area contributed by atoms with Gasteiger partial charge in [0.25, 0.3) is 0 Å². The fraction of sp³-hybridized carbons (Fsp3) is 0.765. The van der Waals surface area contributed by atoms with E-state index in [0.717, 1.165) is 24.6 Å². The van der Waals surface area contributed by atoms with Crippen LogP contribution in [0.5, 0.6) is 0 Å². The van der Waals surface area contributed by atoms with Crippen LogP contribution < -0.4 is 10.6 Å². The lowest BCUT2D eigenvalue weighted by Crippen LogP contribution is -2.19. The highest BCUT2D eigenvalue weighted by Crippen LogP contribution is 2.29. The molecule has 0 saturated carbocycles. The van der Waals surface area contributed by atoms with Crippen molar-refractivity contribution in [2.45, 2.75) is 78.7 Å². The van der Waals surface area contributed by atoms with Crippen LogP contribution in [0.4, 0.5) is 11.6 Å². The molecule has 1 unspecified atom stereocenters. The number of unbranched alkanes of at least 4 members (excludes halogenated alkanes) is 2. The Bertz CT molecular complexity index is 404. The average molecular weight is 292 g/mol. The van der Waals surface area contributed by atoms with Crippen LogP contribution in [0.1, 0.15) is 78.2 Å². The fourth-order valence-corrected chi connectivity index (χ4v) is 2.45. The van der Waals surface area contributed by atoms with Crippen molar-refractivity contribution in [3.8, 4) is 0 Å². The molecule has 1 heterocycles. The minimum Gasteiger partial charge on any atom is -0.370 e. The van der Waals surface area contributed by atoms with Gasteiger partial charge in [-0.3, -0.25) is 0 Å². The Labute approximate surface area is 130 Å². The van der Waals surface area contributed by atoms with Crippen LogP contribution in [-0.4, -0.2) is 22.6 Å². The summed E-state index contributed by atoms with van der Waals surface area (Å²) in [5, 5.41) is 7.00. The number of nitrogens with zero attached hydrogens (tertiary/aromatic N) is 2. The lowest BCUT2D eigenvalue weighted by Gasteiger charge is -2.21. The van der Waals surface area contributed by atoms with Gasteiger partial charge in [0.2, 0.25) is 0 Å². The number of anilines is 2. The van der Waals surface area contributed by atoms with Gasteiger partial charge in [0.15, 0.2) is 0 Å². The highest BCUT2D eigenvalue weighted by atomic mass is 15.1. The zero-order valence-electron chi connectivity index (χ0n) is 14.4. The zero-order chi connectivity index (χ0) is 15.7. The van der Waals surface area contributed by atoms with Gasteiger partial charge in [-0.15, -0.1) is 0 Å². The normalized spacial score (nSPS) is 12.5. The van der Waals surface area contributed by atoms with E-state index in [1.165, 1.54) is 31.2 Å². The first-order valence-electron chi connectivity index (χ1n) is 8.45. The summed E-state index contributed by atoms with van der Waals surface area (Å²) in [4.78, 5) is 8.89. The first kappa shape index (κ1) is 17.7.